The first-order valence-corrected chi connectivity index (χ1v) is 5.59. The Morgan fingerprint density at radius 2 is 2.31 bits per heavy atom. The quantitative estimate of drug-likeness (QED) is 0.674. The lowest BCUT2D eigenvalue weighted by atomic mass is 10.1. The van der Waals surface area contributed by atoms with Gasteiger partial charge in [-0.3, -0.25) is 9.78 Å². The number of aromatic nitrogens is 1. The summed E-state index contributed by atoms with van der Waals surface area (Å²) in [5, 5.41) is 11.4. The summed E-state index contributed by atoms with van der Waals surface area (Å²) in [6.07, 6.45) is 6.28. The zero-order valence-corrected chi connectivity index (χ0v) is 9.35. The Bertz CT molecular complexity index is 301. The van der Waals surface area contributed by atoms with Gasteiger partial charge in [-0.15, -0.1) is 0 Å². The average molecular weight is 222 g/mol. The minimum atomic E-state index is 0.0572. The number of hydrogen-bond donors (Lipinski definition) is 2. The van der Waals surface area contributed by atoms with Gasteiger partial charge in [-0.2, -0.15) is 0 Å². The van der Waals surface area contributed by atoms with E-state index in [9.17, 15) is 4.79 Å². The van der Waals surface area contributed by atoms with Crippen LogP contribution < -0.4 is 5.32 Å². The number of carbonyl (C=O) groups is 1. The van der Waals surface area contributed by atoms with E-state index in [1.165, 1.54) is 0 Å². The van der Waals surface area contributed by atoms with E-state index in [0.29, 0.717) is 13.0 Å². The highest BCUT2D eigenvalue weighted by atomic mass is 16.2. The van der Waals surface area contributed by atoms with Crippen molar-refractivity contribution in [2.75, 3.05) is 13.2 Å². The summed E-state index contributed by atoms with van der Waals surface area (Å²) in [4.78, 5) is 15.4. The molecule has 1 heterocycles. The third-order valence-electron chi connectivity index (χ3n) is 2.27. The lowest BCUT2D eigenvalue weighted by Gasteiger charge is -2.04. The van der Waals surface area contributed by atoms with Gasteiger partial charge in [0.05, 0.1) is 0 Å². The molecule has 1 aromatic rings. The van der Waals surface area contributed by atoms with Crippen LogP contribution in [0.3, 0.4) is 0 Å². The molecular formula is C12H18N2O2. The zero-order chi connectivity index (χ0) is 11.6. The molecule has 0 unspecified atom stereocenters. The zero-order valence-electron chi connectivity index (χ0n) is 9.35. The largest absolute Gasteiger partial charge is 0.396 e. The second-order valence-corrected chi connectivity index (χ2v) is 3.64. The highest BCUT2D eigenvalue weighted by Crippen LogP contribution is 2.00. The molecule has 0 spiro atoms. The van der Waals surface area contributed by atoms with Crippen molar-refractivity contribution in [1.29, 1.82) is 0 Å². The van der Waals surface area contributed by atoms with E-state index in [0.717, 1.165) is 24.8 Å². The summed E-state index contributed by atoms with van der Waals surface area (Å²) in [6, 6.07) is 3.83. The van der Waals surface area contributed by atoms with Crippen LogP contribution in [0, 0.1) is 0 Å². The predicted octanol–water partition coefficient (Wildman–Crippen LogP) is 0.903. The first kappa shape index (κ1) is 12.6. The van der Waals surface area contributed by atoms with Crippen LogP contribution in [0.5, 0.6) is 0 Å². The molecule has 0 saturated heterocycles. The highest BCUT2D eigenvalue weighted by Gasteiger charge is 2.01. The van der Waals surface area contributed by atoms with Gasteiger partial charge in [0.25, 0.3) is 0 Å². The molecule has 0 atom stereocenters. The minimum Gasteiger partial charge on any atom is -0.396 e. The molecule has 0 saturated carbocycles. The van der Waals surface area contributed by atoms with Crippen LogP contribution in [0.25, 0.3) is 0 Å². The van der Waals surface area contributed by atoms with Crippen LogP contribution in [0.15, 0.2) is 24.5 Å². The van der Waals surface area contributed by atoms with Crippen molar-refractivity contribution in [3.05, 3.63) is 30.1 Å². The van der Waals surface area contributed by atoms with Crippen LogP contribution in [-0.2, 0) is 11.2 Å². The van der Waals surface area contributed by atoms with E-state index in [2.05, 4.69) is 10.3 Å². The number of nitrogens with one attached hydrogen (secondary N) is 1. The molecule has 0 aliphatic heterocycles. The van der Waals surface area contributed by atoms with Gasteiger partial charge in [0.15, 0.2) is 0 Å². The van der Waals surface area contributed by atoms with Crippen molar-refractivity contribution < 1.29 is 9.90 Å². The van der Waals surface area contributed by atoms with Gasteiger partial charge in [0.1, 0.15) is 0 Å². The maximum atomic E-state index is 11.4. The van der Waals surface area contributed by atoms with Crippen molar-refractivity contribution in [2.45, 2.75) is 25.7 Å². The van der Waals surface area contributed by atoms with Crippen molar-refractivity contribution in [1.82, 2.24) is 10.3 Å². The second-order valence-electron chi connectivity index (χ2n) is 3.64. The number of aliphatic hydroxyl groups is 1. The molecule has 1 amide bonds. The number of aryl methyl sites for hydroxylation is 1. The Kier molecular flexibility index (Phi) is 6.18. The monoisotopic (exact) mass is 222 g/mol. The Hall–Kier alpha value is -1.42. The Balaban J connectivity index is 2.11. The molecule has 4 heteroatoms. The van der Waals surface area contributed by atoms with Gasteiger partial charge >= 0.3 is 0 Å². The average Bonchev–Trinajstić information content (AvgIpc) is 2.33. The fraction of sp³-hybridized carbons (Fsp3) is 0.500. The highest BCUT2D eigenvalue weighted by molar-refractivity contribution is 5.76. The van der Waals surface area contributed by atoms with Crippen LogP contribution in [0.4, 0.5) is 0 Å². The van der Waals surface area contributed by atoms with Crippen molar-refractivity contribution in [3.8, 4) is 0 Å². The van der Waals surface area contributed by atoms with Gasteiger partial charge in [0.2, 0.25) is 5.91 Å². The van der Waals surface area contributed by atoms with E-state index in [-0.39, 0.29) is 12.5 Å². The first-order valence-electron chi connectivity index (χ1n) is 5.59. The summed E-state index contributed by atoms with van der Waals surface area (Å²) < 4.78 is 0. The summed E-state index contributed by atoms with van der Waals surface area (Å²) >= 11 is 0. The molecular weight excluding hydrogens is 204 g/mol. The lowest BCUT2D eigenvalue weighted by molar-refractivity contribution is -0.121. The van der Waals surface area contributed by atoms with Crippen LogP contribution >= 0.6 is 0 Å². The summed E-state index contributed by atoms with van der Waals surface area (Å²) in [5.41, 5.74) is 1.08. The molecule has 0 fully saturated rings. The Morgan fingerprint density at radius 1 is 1.44 bits per heavy atom. The molecule has 0 bridgehead atoms. The molecule has 88 valence electrons. The van der Waals surface area contributed by atoms with E-state index >= 15 is 0 Å². The first-order chi connectivity index (χ1) is 7.83. The topological polar surface area (TPSA) is 62.2 Å². The van der Waals surface area contributed by atoms with Crippen molar-refractivity contribution >= 4 is 5.91 Å². The standard InChI is InChI=1S/C12H18N2O2/c15-9-2-1-8-14-12(16)6-5-11-4-3-7-13-10-11/h3-4,7,10,15H,1-2,5-6,8-9H2,(H,14,16). The van der Waals surface area contributed by atoms with Gasteiger partial charge in [-0.1, -0.05) is 6.07 Å². The van der Waals surface area contributed by atoms with Gasteiger partial charge < -0.3 is 10.4 Å². The third-order valence-corrected chi connectivity index (χ3v) is 2.27. The van der Waals surface area contributed by atoms with Gasteiger partial charge in [-0.05, 0) is 30.9 Å². The fourth-order valence-corrected chi connectivity index (χ4v) is 1.36. The number of amides is 1. The molecule has 1 rings (SSSR count). The fourth-order valence-electron chi connectivity index (χ4n) is 1.36. The maximum absolute atomic E-state index is 11.4. The van der Waals surface area contributed by atoms with Crippen LogP contribution in [0.1, 0.15) is 24.8 Å². The molecule has 1 aromatic heterocycles. The number of carbonyl (C=O) groups excluding carboxylic acids is 1. The second kappa shape index (κ2) is 7.82. The number of aliphatic hydroxyl groups excluding tert-OH is 1. The molecule has 0 aliphatic carbocycles. The van der Waals surface area contributed by atoms with E-state index < -0.39 is 0 Å². The van der Waals surface area contributed by atoms with Gasteiger partial charge in [-0.25, -0.2) is 0 Å². The van der Waals surface area contributed by atoms with Crippen molar-refractivity contribution in [2.24, 2.45) is 0 Å². The van der Waals surface area contributed by atoms with E-state index in [1.807, 2.05) is 12.1 Å². The number of hydrogen-bond acceptors (Lipinski definition) is 3. The van der Waals surface area contributed by atoms with E-state index in [4.69, 9.17) is 5.11 Å². The minimum absolute atomic E-state index is 0.0572. The molecule has 0 aromatic carbocycles. The molecule has 0 radical (unpaired) electrons. The molecule has 4 nitrogen and oxygen atoms in total. The molecule has 0 aliphatic rings. The smallest absolute Gasteiger partial charge is 0.220 e. The summed E-state index contributed by atoms with van der Waals surface area (Å²) in [6.45, 7) is 0.831. The predicted molar refractivity (Wildman–Crippen MR) is 61.9 cm³/mol. The summed E-state index contributed by atoms with van der Waals surface area (Å²) in [5.74, 6) is 0.0572. The number of pyridine rings is 1. The maximum Gasteiger partial charge on any atom is 0.220 e. The van der Waals surface area contributed by atoms with E-state index in [1.54, 1.807) is 12.4 Å². The molecule has 2 N–H and O–H groups in total. The number of unbranched alkanes of at least 4 members (excludes halogenated alkanes) is 1. The lowest BCUT2D eigenvalue weighted by Crippen LogP contribution is -2.24. The Morgan fingerprint density at radius 3 is 3.00 bits per heavy atom. The van der Waals surface area contributed by atoms with Gasteiger partial charge in [0, 0.05) is 32.0 Å². The van der Waals surface area contributed by atoms with Crippen LogP contribution in [0.2, 0.25) is 0 Å². The third kappa shape index (κ3) is 5.46. The van der Waals surface area contributed by atoms with Crippen molar-refractivity contribution in [3.63, 3.8) is 0 Å². The number of rotatable bonds is 7. The number of nitrogens with zero attached hydrogens (tertiary/aromatic N) is 1. The normalized spacial score (nSPS) is 10.1. The summed E-state index contributed by atoms with van der Waals surface area (Å²) in [7, 11) is 0. The van der Waals surface area contributed by atoms with Crippen LogP contribution in [-0.4, -0.2) is 29.1 Å². The Labute approximate surface area is 95.7 Å². The molecule has 16 heavy (non-hydrogen) atoms. The SMILES string of the molecule is O=C(CCc1cccnc1)NCCCCO.